The highest BCUT2D eigenvalue weighted by molar-refractivity contribution is 5.91. The molecule has 0 aromatic heterocycles. The molecule has 0 amide bonds. The number of esters is 1. The van der Waals surface area contributed by atoms with Gasteiger partial charge >= 0.3 is 5.97 Å². The predicted molar refractivity (Wildman–Crippen MR) is 90.8 cm³/mol. The molecule has 0 aromatic rings. The third-order valence-electron chi connectivity index (χ3n) is 7.34. The molecular weight excluding hydrogens is 288 g/mol. The number of carbonyl (C=O) groups excluding carboxylic acids is 1. The number of fused-ring (bicyclic) bond motifs is 1. The maximum Gasteiger partial charge on any atom is 0.336 e. The van der Waals surface area contributed by atoms with Gasteiger partial charge in [0.25, 0.3) is 0 Å². The molecule has 5 atom stereocenters. The van der Waals surface area contributed by atoms with E-state index in [0.29, 0.717) is 30.4 Å². The van der Waals surface area contributed by atoms with Gasteiger partial charge in [-0.05, 0) is 67.8 Å². The van der Waals surface area contributed by atoms with Gasteiger partial charge in [-0.25, -0.2) is 4.79 Å². The second-order valence-corrected chi connectivity index (χ2v) is 8.36. The fourth-order valence-electron chi connectivity index (χ4n) is 5.43. The van der Waals surface area contributed by atoms with Crippen molar-refractivity contribution >= 4 is 5.97 Å². The molecule has 1 heterocycles. The summed E-state index contributed by atoms with van der Waals surface area (Å²) in [6, 6.07) is 0. The summed E-state index contributed by atoms with van der Waals surface area (Å²) in [6.07, 6.45) is 8.84. The van der Waals surface area contributed by atoms with E-state index in [1.54, 1.807) is 6.08 Å². The van der Waals surface area contributed by atoms with Gasteiger partial charge in [-0.1, -0.05) is 32.4 Å². The molecule has 0 spiro atoms. The van der Waals surface area contributed by atoms with Crippen LogP contribution in [0.2, 0.25) is 0 Å². The first kappa shape index (κ1) is 16.8. The fraction of sp³-hybridized carbons (Fsp3) is 0.750. The lowest BCUT2D eigenvalue weighted by Gasteiger charge is -2.58. The Balaban J connectivity index is 1.88. The average molecular weight is 318 g/mol. The van der Waals surface area contributed by atoms with E-state index >= 15 is 0 Å². The molecule has 1 saturated carbocycles. The van der Waals surface area contributed by atoms with Gasteiger partial charge in [0.2, 0.25) is 0 Å². The maximum absolute atomic E-state index is 11.8. The molecule has 3 rings (SSSR count). The van der Waals surface area contributed by atoms with E-state index in [0.717, 1.165) is 6.42 Å². The van der Waals surface area contributed by atoms with Gasteiger partial charge in [0.1, 0.15) is 6.61 Å². The van der Waals surface area contributed by atoms with E-state index in [9.17, 15) is 9.90 Å². The smallest absolute Gasteiger partial charge is 0.336 e. The lowest BCUT2D eigenvalue weighted by molar-refractivity contribution is -0.137. The molecule has 23 heavy (non-hydrogen) atoms. The quantitative estimate of drug-likeness (QED) is 0.631. The molecule has 0 saturated heterocycles. The van der Waals surface area contributed by atoms with Crippen molar-refractivity contribution in [3.05, 3.63) is 23.3 Å². The Morgan fingerprint density at radius 1 is 1.35 bits per heavy atom. The van der Waals surface area contributed by atoms with Crippen molar-refractivity contribution in [3.63, 3.8) is 0 Å². The standard InChI is InChI=1S/C20H30O3/c1-13-6-5-7-17-19(13,3)10-8-14(2)20(17,4)12-16(21)15-9-11-23-18(15)22/h6,9,14,16-17,21H,5,7-8,10-12H2,1-4H3/t14-,16+,17+,19+,20+/m1/s1. The number of allylic oxidation sites excluding steroid dienone is 2. The lowest BCUT2D eigenvalue weighted by Crippen LogP contribution is -2.51. The number of hydrogen-bond acceptors (Lipinski definition) is 3. The van der Waals surface area contributed by atoms with Crippen LogP contribution in [-0.2, 0) is 9.53 Å². The van der Waals surface area contributed by atoms with Crippen LogP contribution in [0, 0.1) is 22.7 Å². The zero-order valence-electron chi connectivity index (χ0n) is 14.9. The summed E-state index contributed by atoms with van der Waals surface area (Å²) in [7, 11) is 0. The second kappa shape index (κ2) is 5.77. The Hall–Kier alpha value is -1.09. The first-order valence-corrected chi connectivity index (χ1v) is 9.01. The van der Waals surface area contributed by atoms with Crippen molar-refractivity contribution in [2.24, 2.45) is 22.7 Å². The first-order valence-electron chi connectivity index (χ1n) is 9.01. The number of cyclic esters (lactones) is 1. The number of aliphatic hydroxyl groups is 1. The van der Waals surface area contributed by atoms with Crippen LogP contribution in [0.15, 0.2) is 23.3 Å². The Morgan fingerprint density at radius 2 is 2.09 bits per heavy atom. The molecule has 3 nitrogen and oxygen atoms in total. The van der Waals surface area contributed by atoms with E-state index in [1.807, 2.05) is 0 Å². The number of aliphatic hydroxyl groups excluding tert-OH is 1. The highest BCUT2D eigenvalue weighted by Crippen LogP contribution is 2.61. The summed E-state index contributed by atoms with van der Waals surface area (Å²) in [4.78, 5) is 11.8. The SMILES string of the molecule is CC1=CCC[C@@H]2[C@@](C)(C[C@H](O)C3=CCOC3=O)[C@H](C)CC[C@@]12C. The number of rotatable bonds is 3. The molecule has 1 aliphatic heterocycles. The van der Waals surface area contributed by atoms with Crippen LogP contribution in [0.25, 0.3) is 0 Å². The van der Waals surface area contributed by atoms with Crippen LogP contribution in [0.4, 0.5) is 0 Å². The minimum atomic E-state index is -0.703. The molecule has 3 heteroatoms. The van der Waals surface area contributed by atoms with Crippen molar-refractivity contribution in [1.29, 1.82) is 0 Å². The van der Waals surface area contributed by atoms with E-state index in [-0.39, 0.29) is 16.8 Å². The van der Waals surface area contributed by atoms with Crippen molar-refractivity contribution in [2.45, 2.75) is 65.9 Å². The van der Waals surface area contributed by atoms with Gasteiger partial charge in [-0.2, -0.15) is 0 Å². The van der Waals surface area contributed by atoms with Crippen LogP contribution in [-0.4, -0.2) is 23.8 Å². The van der Waals surface area contributed by atoms with Gasteiger partial charge in [0.05, 0.1) is 11.7 Å². The van der Waals surface area contributed by atoms with Gasteiger partial charge in [0, 0.05) is 0 Å². The highest BCUT2D eigenvalue weighted by Gasteiger charge is 2.54. The van der Waals surface area contributed by atoms with Gasteiger partial charge in [-0.15, -0.1) is 0 Å². The third-order valence-corrected chi connectivity index (χ3v) is 7.34. The lowest BCUT2D eigenvalue weighted by atomic mass is 9.47. The normalized spacial score (nSPS) is 41.7. The molecule has 0 radical (unpaired) electrons. The van der Waals surface area contributed by atoms with Crippen molar-refractivity contribution in [3.8, 4) is 0 Å². The number of hydrogen-bond donors (Lipinski definition) is 1. The largest absolute Gasteiger partial charge is 0.458 e. The summed E-state index contributed by atoms with van der Waals surface area (Å²) < 4.78 is 4.98. The first-order chi connectivity index (χ1) is 10.8. The Morgan fingerprint density at radius 3 is 2.74 bits per heavy atom. The van der Waals surface area contributed by atoms with E-state index in [2.05, 4.69) is 33.8 Å². The summed E-state index contributed by atoms with van der Waals surface area (Å²) in [5.74, 6) is 0.780. The summed E-state index contributed by atoms with van der Waals surface area (Å²) >= 11 is 0. The van der Waals surface area contributed by atoms with Gasteiger partial charge < -0.3 is 9.84 Å². The molecule has 128 valence electrons. The molecule has 1 N–H and O–H groups in total. The molecule has 1 fully saturated rings. The fourth-order valence-corrected chi connectivity index (χ4v) is 5.43. The van der Waals surface area contributed by atoms with Crippen molar-refractivity contribution < 1.29 is 14.6 Å². The summed E-state index contributed by atoms with van der Waals surface area (Å²) in [6.45, 7) is 9.64. The minimum absolute atomic E-state index is 0.0473. The van der Waals surface area contributed by atoms with Gasteiger partial charge in [0.15, 0.2) is 0 Å². The molecule has 0 aromatic carbocycles. The molecular formula is C20H30O3. The topological polar surface area (TPSA) is 46.5 Å². The Labute approximate surface area is 139 Å². The van der Waals surface area contributed by atoms with Crippen LogP contribution in [0.3, 0.4) is 0 Å². The minimum Gasteiger partial charge on any atom is -0.458 e. The summed E-state index contributed by atoms with van der Waals surface area (Å²) in [5.41, 5.74) is 2.27. The number of ether oxygens (including phenoxy) is 1. The van der Waals surface area contributed by atoms with E-state index < -0.39 is 6.10 Å². The molecule has 0 bridgehead atoms. The maximum atomic E-state index is 11.8. The average Bonchev–Trinajstić information content (AvgIpc) is 2.92. The van der Waals surface area contributed by atoms with E-state index in [4.69, 9.17) is 4.74 Å². The van der Waals surface area contributed by atoms with Gasteiger partial charge in [-0.3, -0.25) is 0 Å². The Kier molecular flexibility index (Phi) is 4.20. The monoisotopic (exact) mass is 318 g/mol. The van der Waals surface area contributed by atoms with Crippen LogP contribution >= 0.6 is 0 Å². The molecule has 2 aliphatic carbocycles. The van der Waals surface area contributed by atoms with Crippen LogP contribution in [0.5, 0.6) is 0 Å². The molecule has 3 aliphatic rings. The van der Waals surface area contributed by atoms with Crippen molar-refractivity contribution in [2.75, 3.05) is 6.61 Å². The zero-order valence-corrected chi connectivity index (χ0v) is 14.9. The van der Waals surface area contributed by atoms with Crippen LogP contribution < -0.4 is 0 Å². The third kappa shape index (κ3) is 2.57. The Bertz CT molecular complexity index is 561. The molecule has 0 unspecified atom stereocenters. The van der Waals surface area contributed by atoms with Crippen molar-refractivity contribution in [1.82, 2.24) is 0 Å². The van der Waals surface area contributed by atoms with E-state index in [1.165, 1.54) is 24.8 Å². The second-order valence-electron chi connectivity index (χ2n) is 8.36. The highest BCUT2D eigenvalue weighted by atomic mass is 16.5. The van der Waals surface area contributed by atoms with Crippen LogP contribution in [0.1, 0.15) is 59.8 Å². The summed E-state index contributed by atoms with van der Waals surface area (Å²) in [5, 5.41) is 10.7. The predicted octanol–water partition coefficient (Wildman–Crippen LogP) is 4.02. The number of carbonyl (C=O) groups is 1. The zero-order chi connectivity index (χ0) is 16.8.